The third-order valence-electron chi connectivity index (χ3n) is 3.63. The summed E-state index contributed by atoms with van der Waals surface area (Å²) in [5.74, 6) is -0.684. The minimum Gasteiger partial charge on any atom is -0.374 e. The van der Waals surface area contributed by atoms with E-state index in [0.29, 0.717) is 5.02 Å². The van der Waals surface area contributed by atoms with Crippen molar-refractivity contribution in [1.29, 1.82) is 0 Å². The molecule has 0 fully saturated rings. The molecule has 0 spiro atoms. The Bertz CT molecular complexity index is 840. The Hall–Kier alpha value is -2.37. The zero-order valence-corrected chi connectivity index (χ0v) is 14.8. The first-order valence-electron chi connectivity index (χ1n) is 7.70. The number of amides is 1. The van der Waals surface area contributed by atoms with E-state index in [0.717, 1.165) is 10.4 Å². The van der Waals surface area contributed by atoms with Gasteiger partial charge in [-0.25, -0.2) is 4.39 Å². The fourth-order valence-corrected chi connectivity index (χ4v) is 3.41. The van der Waals surface area contributed by atoms with E-state index in [4.69, 9.17) is 11.6 Å². The second kappa shape index (κ2) is 8.14. The van der Waals surface area contributed by atoms with E-state index < -0.39 is 5.82 Å². The Balaban J connectivity index is 1.70. The van der Waals surface area contributed by atoms with Gasteiger partial charge in [0, 0.05) is 9.90 Å². The molecule has 0 aliphatic rings. The highest BCUT2D eigenvalue weighted by Gasteiger charge is 2.17. The number of nitrogens with one attached hydrogen (secondary N) is 2. The van der Waals surface area contributed by atoms with Crippen LogP contribution in [-0.4, -0.2) is 12.5 Å². The zero-order valence-electron chi connectivity index (χ0n) is 13.2. The lowest BCUT2D eigenvalue weighted by Gasteiger charge is -2.18. The van der Waals surface area contributed by atoms with Crippen LogP contribution in [0.15, 0.2) is 66.0 Å². The van der Waals surface area contributed by atoms with Gasteiger partial charge in [-0.2, -0.15) is 0 Å². The van der Waals surface area contributed by atoms with Crippen molar-refractivity contribution in [2.75, 3.05) is 11.9 Å². The van der Waals surface area contributed by atoms with Gasteiger partial charge in [-0.1, -0.05) is 48.0 Å². The minimum atomic E-state index is -0.449. The van der Waals surface area contributed by atoms with Crippen LogP contribution in [-0.2, 0) is 4.79 Å². The number of carbonyl (C=O) groups is 1. The van der Waals surface area contributed by atoms with Crippen molar-refractivity contribution >= 4 is 34.5 Å². The second-order valence-corrected chi connectivity index (χ2v) is 6.82. The van der Waals surface area contributed by atoms with Gasteiger partial charge in [-0.15, -0.1) is 11.3 Å². The Morgan fingerprint density at radius 1 is 1.12 bits per heavy atom. The van der Waals surface area contributed by atoms with Crippen LogP contribution in [0.2, 0.25) is 5.02 Å². The molecule has 2 N–H and O–H groups in total. The maximum Gasteiger partial charge on any atom is 0.240 e. The molecule has 0 saturated heterocycles. The molecule has 0 saturated carbocycles. The highest BCUT2D eigenvalue weighted by atomic mass is 35.5. The molecule has 0 aliphatic carbocycles. The molecule has 128 valence electrons. The van der Waals surface area contributed by atoms with Crippen molar-refractivity contribution in [2.45, 2.75) is 6.04 Å². The van der Waals surface area contributed by atoms with Gasteiger partial charge in [-0.3, -0.25) is 4.79 Å². The summed E-state index contributed by atoms with van der Waals surface area (Å²) in [6.45, 7) is -0.0496. The van der Waals surface area contributed by atoms with Crippen molar-refractivity contribution in [3.05, 3.63) is 87.3 Å². The molecule has 1 heterocycles. The Morgan fingerprint density at radius 2 is 1.92 bits per heavy atom. The van der Waals surface area contributed by atoms with Gasteiger partial charge in [0.25, 0.3) is 0 Å². The third kappa shape index (κ3) is 4.59. The summed E-state index contributed by atoms with van der Waals surface area (Å²) in [5, 5.41) is 8.16. The van der Waals surface area contributed by atoms with Gasteiger partial charge in [-0.05, 0) is 35.2 Å². The number of anilines is 1. The first-order chi connectivity index (χ1) is 12.1. The van der Waals surface area contributed by atoms with Crippen LogP contribution >= 0.6 is 22.9 Å². The van der Waals surface area contributed by atoms with Gasteiger partial charge in [0.2, 0.25) is 5.91 Å². The average Bonchev–Trinajstić information content (AvgIpc) is 3.15. The van der Waals surface area contributed by atoms with Gasteiger partial charge < -0.3 is 10.6 Å². The lowest BCUT2D eigenvalue weighted by molar-refractivity contribution is -0.119. The average molecular weight is 375 g/mol. The highest BCUT2D eigenvalue weighted by Crippen LogP contribution is 2.26. The molecule has 3 aromatic rings. The molecule has 25 heavy (non-hydrogen) atoms. The van der Waals surface area contributed by atoms with Crippen LogP contribution in [0.25, 0.3) is 0 Å². The molecule has 3 rings (SSSR count). The highest BCUT2D eigenvalue weighted by molar-refractivity contribution is 7.10. The van der Waals surface area contributed by atoms with E-state index in [2.05, 4.69) is 10.6 Å². The molecule has 6 heteroatoms. The molecule has 0 bridgehead atoms. The van der Waals surface area contributed by atoms with Crippen molar-refractivity contribution in [2.24, 2.45) is 0 Å². The first kappa shape index (κ1) is 17.5. The fourth-order valence-electron chi connectivity index (χ4n) is 2.44. The quantitative estimate of drug-likeness (QED) is 0.647. The second-order valence-electron chi connectivity index (χ2n) is 5.40. The van der Waals surface area contributed by atoms with Crippen LogP contribution in [0.5, 0.6) is 0 Å². The van der Waals surface area contributed by atoms with E-state index in [1.54, 1.807) is 11.3 Å². The molecule has 3 nitrogen and oxygen atoms in total. The maximum absolute atomic E-state index is 13.7. The Kier molecular flexibility index (Phi) is 5.68. The SMILES string of the molecule is O=C(CNc1cc(Cl)ccc1F)N[C@@H](c1ccccc1)c1cccs1. The number of carbonyl (C=O) groups excluding carboxylic acids is 1. The summed E-state index contributed by atoms with van der Waals surface area (Å²) >= 11 is 7.43. The molecule has 0 radical (unpaired) electrons. The third-order valence-corrected chi connectivity index (χ3v) is 4.81. The summed E-state index contributed by atoms with van der Waals surface area (Å²) in [4.78, 5) is 13.4. The molecule has 1 atom stereocenters. The topological polar surface area (TPSA) is 41.1 Å². The molecular weight excluding hydrogens is 359 g/mol. The number of rotatable bonds is 6. The van der Waals surface area contributed by atoms with Gasteiger partial charge in [0.05, 0.1) is 18.3 Å². The molecular formula is C19H16ClFN2OS. The van der Waals surface area contributed by atoms with Gasteiger partial charge in [0.1, 0.15) is 5.82 Å². The van der Waals surface area contributed by atoms with Crippen LogP contribution < -0.4 is 10.6 Å². The summed E-state index contributed by atoms with van der Waals surface area (Å²) in [6.07, 6.45) is 0. The number of halogens is 2. The number of benzene rings is 2. The van der Waals surface area contributed by atoms with Crippen molar-refractivity contribution in [1.82, 2.24) is 5.32 Å². The largest absolute Gasteiger partial charge is 0.374 e. The van der Waals surface area contributed by atoms with E-state index in [1.807, 2.05) is 47.8 Å². The summed E-state index contributed by atoms with van der Waals surface area (Å²) in [7, 11) is 0. The maximum atomic E-state index is 13.7. The van der Waals surface area contributed by atoms with E-state index in [-0.39, 0.29) is 24.2 Å². The summed E-state index contributed by atoms with van der Waals surface area (Å²) in [5.41, 5.74) is 1.20. The standard InChI is InChI=1S/C19H16ClFN2OS/c20-14-8-9-15(21)16(11-14)22-12-18(24)23-19(17-7-4-10-25-17)13-5-2-1-3-6-13/h1-11,19,22H,12H2,(H,23,24)/t19-/m0/s1. The van der Waals surface area contributed by atoms with Crippen molar-refractivity contribution in [3.8, 4) is 0 Å². The summed E-state index contributed by atoms with van der Waals surface area (Å²) < 4.78 is 13.7. The minimum absolute atomic E-state index is 0.0496. The lowest BCUT2D eigenvalue weighted by Crippen LogP contribution is -2.33. The Labute approximate surface area is 154 Å². The van der Waals surface area contributed by atoms with Crippen molar-refractivity contribution in [3.63, 3.8) is 0 Å². The van der Waals surface area contributed by atoms with Crippen LogP contribution in [0.3, 0.4) is 0 Å². The first-order valence-corrected chi connectivity index (χ1v) is 8.96. The van der Waals surface area contributed by atoms with Gasteiger partial charge in [0.15, 0.2) is 0 Å². The number of hydrogen-bond donors (Lipinski definition) is 2. The number of hydrogen-bond acceptors (Lipinski definition) is 3. The van der Waals surface area contributed by atoms with E-state index >= 15 is 0 Å². The zero-order chi connectivity index (χ0) is 17.6. The van der Waals surface area contributed by atoms with E-state index in [1.165, 1.54) is 18.2 Å². The predicted octanol–water partition coefficient (Wildman–Crippen LogP) is 4.86. The smallest absolute Gasteiger partial charge is 0.240 e. The lowest BCUT2D eigenvalue weighted by atomic mass is 10.1. The predicted molar refractivity (Wildman–Crippen MR) is 101 cm³/mol. The molecule has 1 amide bonds. The number of thiophene rings is 1. The molecule has 1 aromatic heterocycles. The molecule has 0 aliphatic heterocycles. The van der Waals surface area contributed by atoms with Crippen LogP contribution in [0.4, 0.5) is 10.1 Å². The van der Waals surface area contributed by atoms with Crippen LogP contribution in [0.1, 0.15) is 16.5 Å². The Morgan fingerprint density at radius 3 is 2.64 bits per heavy atom. The van der Waals surface area contributed by atoms with E-state index in [9.17, 15) is 9.18 Å². The monoisotopic (exact) mass is 374 g/mol. The molecule has 0 unspecified atom stereocenters. The fraction of sp³-hybridized carbons (Fsp3) is 0.105. The van der Waals surface area contributed by atoms with Crippen LogP contribution in [0, 0.1) is 5.82 Å². The van der Waals surface area contributed by atoms with Crippen molar-refractivity contribution < 1.29 is 9.18 Å². The van der Waals surface area contributed by atoms with Gasteiger partial charge >= 0.3 is 0 Å². The summed E-state index contributed by atoms with van der Waals surface area (Å²) in [6, 6.07) is 17.6. The molecule has 2 aromatic carbocycles. The normalized spacial score (nSPS) is 11.8.